The van der Waals surface area contributed by atoms with Crippen LogP contribution in [0.3, 0.4) is 0 Å². The van der Waals surface area contributed by atoms with Crippen LogP contribution < -0.4 is 9.47 Å². The largest absolute Gasteiger partial charge is 0.472 e. The molecule has 0 aromatic heterocycles. The van der Waals surface area contributed by atoms with Crippen molar-refractivity contribution in [3.8, 4) is 11.5 Å². The minimum Gasteiger partial charge on any atom is -0.472 e. The number of nitrogens with zero attached hydrogens (tertiary/aromatic N) is 2. The second-order valence-corrected chi connectivity index (χ2v) is 10.6. The van der Waals surface area contributed by atoms with E-state index in [0.29, 0.717) is 0 Å². The molecule has 0 N–H and O–H groups in total. The number of carbonyl (C=O) groups is 4. The van der Waals surface area contributed by atoms with Crippen molar-refractivity contribution < 1.29 is 47.9 Å². The summed E-state index contributed by atoms with van der Waals surface area (Å²) in [6, 6.07) is 12.2. The van der Waals surface area contributed by atoms with Crippen molar-refractivity contribution in [2.45, 2.75) is 52.7 Å². The monoisotopic (exact) mass is 560 g/mol. The number of benzene rings is 2. The Morgan fingerprint density at radius 3 is 1.25 bits per heavy atom. The molecule has 0 spiro atoms. The molecule has 0 saturated heterocycles. The zero-order valence-electron chi connectivity index (χ0n) is 24.0. The van der Waals surface area contributed by atoms with Gasteiger partial charge in [0.15, 0.2) is 13.5 Å². The standard InChI is InChI=1S/C28H36N2O10/c1-27(2,3)37-25(33)29(7)17-35-21-15-11-9-13-19(21)23(31)39-40-24(32)20-14-10-12-16-22(20)36-18-30(8)26(34)38-28(4,5)6/h9-16H,17-18H2,1-8H3. The van der Waals surface area contributed by atoms with Gasteiger partial charge >= 0.3 is 24.1 Å². The lowest BCUT2D eigenvalue weighted by Gasteiger charge is -2.24. The summed E-state index contributed by atoms with van der Waals surface area (Å²) in [5, 5.41) is 0. The van der Waals surface area contributed by atoms with Gasteiger partial charge in [-0.3, -0.25) is 9.80 Å². The average molecular weight is 561 g/mol. The third kappa shape index (κ3) is 10.4. The second-order valence-electron chi connectivity index (χ2n) is 10.6. The Morgan fingerprint density at radius 2 is 0.925 bits per heavy atom. The van der Waals surface area contributed by atoms with Gasteiger partial charge in [-0.15, -0.1) is 0 Å². The van der Waals surface area contributed by atoms with E-state index < -0.39 is 35.3 Å². The van der Waals surface area contributed by atoms with Crippen molar-refractivity contribution in [3.63, 3.8) is 0 Å². The van der Waals surface area contributed by atoms with Crippen LogP contribution >= 0.6 is 0 Å². The normalized spacial score (nSPS) is 11.1. The van der Waals surface area contributed by atoms with Crippen molar-refractivity contribution in [1.29, 1.82) is 0 Å². The number of amides is 2. The third-order valence-corrected chi connectivity index (χ3v) is 4.64. The molecule has 0 atom stereocenters. The van der Waals surface area contributed by atoms with Crippen LogP contribution in [0.25, 0.3) is 0 Å². The summed E-state index contributed by atoms with van der Waals surface area (Å²) >= 11 is 0. The molecule has 0 aliphatic rings. The van der Waals surface area contributed by atoms with E-state index in [-0.39, 0.29) is 36.1 Å². The number of rotatable bonds is 8. The molecule has 12 heteroatoms. The number of hydrogen-bond acceptors (Lipinski definition) is 10. The maximum absolute atomic E-state index is 12.7. The molecule has 40 heavy (non-hydrogen) atoms. The quantitative estimate of drug-likeness (QED) is 0.246. The maximum atomic E-state index is 12.7. The van der Waals surface area contributed by atoms with E-state index in [4.69, 9.17) is 28.7 Å². The molecule has 2 aromatic carbocycles. The Balaban J connectivity index is 2.00. The molecule has 2 rings (SSSR count). The highest BCUT2D eigenvalue weighted by Crippen LogP contribution is 2.22. The SMILES string of the molecule is CN(COc1ccccc1C(=O)OOC(=O)c1ccccc1OCN(C)C(=O)OC(C)(C)C)C(=O)OC(C)(C)C. The number of carbonyl (C=O) groups excluding carboxylic acids is 4. The molecular formula is C28H36N2O10. The summed E-state index contributed by atoms with van der Waals surface area (Å²) in [5.41, 5.74) is -1.46. The summed E-state index contributed by atoms with van der Waals surface area (Å²) in [6.07, 6.45) is -1.22. The fourth-order valence-corrected chi connectivity index (χ4v) is 2.81. The van der Waals surface area contributed by atoms with Gasteiger partial charge < -0.3 is 18.9 Å². The Bertz CT molecular complexity index is 1110. The lowest BCUT2D eigenvalue weighted by atomic mass is 10.2. The Labute approximate surface area is 233 Å². The minimum atomic E-state index is -1.01. The van der Waals surface area contributed by atoms with Gasteiger partial charge in [0.05, 0.1) is 0 Å². The number of para-hydroxylation sites is 2. The van der Waals surface area contributed by atoms with E-state index in [1.807, 2.05) is 0 Å². The molecular weight excluding hydrogens is 524 g/mol. The smallest absolute Gasteiger partial charge is 0.412 e. The van der Waals surface area contributed by atoms with E-state index in [2.05, 4.69) is 0 Å². The Morgan fingerprint density at radius 1 is 0.600 bits per heavy atom. The first kappa shape index (κ1) is 31.7. The predicted octanol–water partition coefficient (Wildman–Crippen LogP) is 5.02. The first-order valence-electron chi connectivity index (χ1n) is 12.3. The van der Waals surface area contributed by atoms with Crippen LogP contribution in [-0.4, -0.2) is 72.7 Å². The molecule has 0 saturated carbocycles. The van der Waals surface area contributed by atoms with Crippen LogP contribution in [0.5, 0.6) is 11.5 Å². The first-order valence-corrected chi connectivity index (χ1v) is 12.3. The summed E-state index contributed by atoms with van der Waals surface area (Å²) in [4.78, 5) is 61.6. The molecule has 0 heterocycles. The van der Waals surface area contributed by atoms with Crippen LogP contribution in [0.1, 0.15) is 62.3 Å². The first-order chi connectivity index (χ1) is 18.6. The van der Waals surface area contributed by atoms with Crippen LogP contribution in [0.4, 0.5) is 9.59 Å². The van der Waals surface area contributed by atoms with Crippen LogP contribution in [-0.2, 0) is 19.2 Å². The van der Waals surface area contributed by atoms with Gasteiger partial charge in [0.2, 0.25) is 0 Å². The molecule has 0 unspecified atom stereocenters. The highest BCUT2D eigenvalue weighted by molar-refractivity contribution is 5.95. The van der Waals surface area contributed by atoms with Crippen molar-refractivity contribution in [3.05, 3.63) is 59.7 Å². The fraction of sp³-hybridized carbons (Fsp3) is 0.429. The van der Waals surface area contributed by atoms with Crippen molar-refractivity contribution in [1.82, 2.24) is 9.80 Å². The van der Waals surface area contributed by atoms with Gasteiger partial charge in [0, 0.05) is 14.1 Å². The summed E-state index contributed by atoms with van der Waals surface area (Å²) in [5.74, 6) is -1.83. The Kier molecular flexibility index (Phi) is 10.7. The topological polar surface area (TPSA) is 130 Å². The van der Waals surface area contributed by atoms with Gasteiger partial charge in [-0.25, -0.2) is 29.0 Å². The second kappa shape index (κ2) is 13.5. The zero-order valence-corrected chi connectivity index (χ0v) is 24.0. The molecule has 0 bridgehead atoms. The lowest BCUT2D eigenvalue weighted by molar-refractivity contribution is -0.187. The molecule has 218 valence electrons. The van der Waals surface area contributed by atoms with E-state index in [9.17, 15) is 19.2 Å². The van der Waals surface area contributed by atoms with Crippen LogP contribution in [0.15, 0.2) is 48.5 Å². The molecule has 2 amide bonds. The van der Waals surface area contributed by atoms with Gasteiger partial charge in [-0.1, -0.05) is 24.3 Å². The van der Waals surface area contributed by atoms with E-state index in [0.717, 1.165) is 0 Å². The fourth-order valence-electron chi connectivity index (χ4n) is 2.81. The van der Waals surface area contributed by atoms with E-state index in [1.54, 1.807) is 65.8 Å². The third-order valence-electron chi connectivity index (χ3n) is 4.64. The summed E-state index contributed by atoms with van der Waals surface area (Å²) in [6.45, 7) is 9.97. The molecule has 0 radical (unpaired) electrons. The van der Waals surface area contributed by atoms with Crippen molar-refractivity contribution >= 4 is 24.1 Å². The molecule has 2 aromatic rings. The summed E-state index contributed by atoms with van der Waals surface area (Å²) < 4.78 is 21.7. The minimum absolute atomic E-state index is 0.0450. The predicted molar refractivity (Wildman–Crippen MR) is 143 cm³/mol. The van der Waals surface area contributed by atoms with Crippen molar-refractivity contribution in [2.24, 2.45) is 0 Å². The molecule has 0 fully saturated rings. The van der Waals surface area contributed by atoms with Crippen LogP contribution in [0.2, 0.25) is 0 Å². The highest BCUT2D eigenvalue weighted by atomic mass is 17.2. The van der Waals surface area contributed by atoms with E-state index in [1.165, 1.54) is 48.2 Å². The number of hydrogen-bond donors (Lipinski definition) is 0. The highest BCUT2D eigenvalue weighted by Gasteiger charge is 2.24. The van der Waals surface area contributed by atoms with Crippen LogP contribution in [0, 0.1) is 0 Å². The molecule has 12 nitrogen and oxygen atoms in total. The van der Waals surface area contributed by atoms with Gasteiger partial charge in [0.1, 0.15) is 33.8 Å². The summed E-state index contributed by atoms with van der Waals surface area (Å²) in [7, 11) is 2.95. The average Bonchev–Trinajstić information content (AvgIpc) is 2.87. The van der Waals surface area contributed by atoms with Gasteiger partial charge in [-0.05, 0) is 65.8 Å². The van der Waals surface area contributed by atoms with Crippen molar-refractivity contribution in [2.75, 3.05) is 27.6 Å². The lowest BCUT2D eigenvalue weighted by Crippen LogP contribution is -2.36. The molecule has 0 aliphatic carbocycles. The zero-order chi connectivity index (χ0) is 30.1. The number of ether oxygens (including phenoxy) is 4. The maximum Gasteiger partial charge on any atom is 0.412 e. The molecule has 0 aliphatic heterocycles. The van der Waals surface area contributed by atoms with E-state index >= 15 is 0 Å². The van der Waals surface area contributed by atoms with Gasteiger partial charge in [-0.2, -0.15) is 0 Å². The van der Waals surface area contributed by atoms with Gasteiger partial charge in [0.25, 0.3) is 0 Å². The Hall–Kier alpha value is -4.48.